The van der Waals surface area contributed by atoms with Crippen molar-refractivity contribution in [3.05, 3.63) is 124 Å². The van der Waals surface area contributed by atoms with Crippen LogP contribution in [0.15, 0.2) is 95.6 Å². The third-order valence-corrected chi connectivity index (χ3v) is 6.14. The number of nitrogens with one attached hydrogen (secondary N) is 2. The van der Waals surface area contributed by atoms with Crippen LogP contribution in [-0.2, 0) is 10.3 Å². The number of halogens is 1. The van der Waals surface area contributed by atoms with Gasteiger partial charge in [-0.2, -0.15) is 0 Å². The highest BCUT2D eigenvalue weighted by atomic mass is 35.5. The van der Waals surface area contributed by atoms with E-state index in [1.807, 2.05) is 72.8 Å². The number of hydrogen-bond acceptors (Lipinski definition) is 4. The maximum Gasteiger partial charge on any atom is 0.284 e. The third kappa shape index (κ3) is 3.50. The fraction of sp³-hybridized carbons (Fsp3) is 0.0769. The molecule has 2 unspecified atom stereocenters. The number of furan rings is 1. The first kappa shape index (κ1) is 21.0. The van der Waals surface area contributed by atoms with Crippen molar-refractivity contribution in [2.24, 2.45) is 5.73 Å². The quantitative estimate of drug-likeness (QED) is 0.417. The monoisotopic (exact) mass is 457 g/mol. The first-order valence-electron chi connectivity index (χ1n) is 10.4. The molecule has 164 valence electrons. The normalized spacial score (nSPS) is 19.9. The molecule has 1 aromatic heterocycles. The molecule has 3 aromatic carbocycles. The molecule has 0 aliphatic carbocycles. The molecule has 1 aliphatic rings. The largest absolute Gasteiger partial charge is 0.459 e. The molecule has 0 spiro atoms. The second kappa shape index (κ2) is 8.24. The van der Waals surface area contributed by atoms with Crippen LogP contribution in [0.3, 0.4) is 0 Å². The van der Waals surface area contributed by atoms with Crippen molar-refractivity contribution in [3.8, 4) is 0 Å². The van der Waals surface area contributed by atoms with E-state index in [-0.39, 0.29) is 11.7 Å². The highest BCUT2D eigenvalue weighted by Gasteiger charge is 2.45. The van der Waals surface area contributed by atoms with Gasteiger partial charge in [-0.05, 0) is 35.4 Å². The molecular weight excluding hydrogens is 438 g/mol. The number of fused-ring (bicyclic) bond motifs is 1. The van der Waals surface area contributed by atoms with Crippen LogP contribution in [0.1, 0.15) is 38.9 Å². The van der Waals surface area contributed by atoms with Crippen molar-refractivity contribution in [1.82, 2.24) is 5.32 Å². The van der Waals surface area contributed by atoms with E-state index in [2.05, 4.69) is 10.6 Å². The topological polar surface area (TPSA) is 97.4 Å². The van der Waals surface area contributed by atoms with Crippen LogP contribution in [0, 0.1) is 0 Å². The molecule has 33 heavy (non-hydrogen) atoms. The maximum absolute atomic E-state index is 13.5. The van der Waals surface area contributed by atoms with Crippen LogP contribution in [0.4, 0.5) is 5.69 Å². The van der Waals surface area contributed by atoms with Crippen molar-refractivity contribution < 1.29 is 14.0 Å². The number of hydrogen-bond donors (Lipinski definition) is 3. The summed E-state index contributed by atoms with van der Waals surface area (Å²) in [6.07, 6.45) is 1.35. The molecule has 0 fully saturated rings. The molecule has 0 saturated heterocycles. The lowest BCUT2D eigenvalue weighted by Gasteiger charge is -2.38. The van der Waals surface area contributed by atoms with Crippen LogP contribution in [-0.4, -0.2) is 11.8 Å². The molecule has 2 heterocycles. The Hall–Kier alpha value is -3.87. The molecule has 4 aromatic rings. The summed E-state index contributed by atoms with van der Waals surface area (Å²) in [6.45, 7) is 0. The molecule has 7 heteroatoms. The predicted octanol–water partition coefficient (Wildman–Crippen LogP) is 4.61. The van der Waals surface area contributed by atoms with Gasteiger partial charge in [-0.25, -0.2) is 0 Å². The second-order valence-corrected chi connectivity index (χ2v) is 8.24. The van der Waals surface area contributed by atoms with Crippen molar-refractivity contribution in [3.63, 3.8) is 0 Å². The SMILES string of the molecule is NC(=O)c1occc1C1NC(c2ccccc2)(c2cccc(Cl)c2)c2ccccc2NC1=O. The van der Waals surface area contributed by atoms with E-state index < -0.39 is 17.5 Å². The van der Waals surface area contributed by atoms with Gasteiger partial charge in [0.1, 0.15) is 6.04 Å². The van der Waals surface area contributed by atoms with Crippen LogP contribution in [0.2, 0.25) is 5.02 Å². The minimum Gasteiger partial charge on any atom is -0.459 e. The molecule has 2 atom stereocenters. The molecular formula is C26H20ClN3O3. The average Bonchev–Trinajstić information content (AvgIpc) is 3.26. The summed E-state index contributed by atoms with van der Waals surface area (Å²) in [7, 11) is 0. The molecule has 1 aliphatic heterocycles. The molecule has 6 nitrogen and oxygen atoms in total. The fourth-order valence-electron chi connectivity index (χ4n) is 4.50. The van der Waals surface area contributed by atoms with E-state index in [1.54, 1.807) is 12.1 Å². The van der Waals surface area contributed by atoms with Crippen molar-refractivity contribution in [2.45, 2.75) is 11.6 Å². The Balaban J connectivity index is 1.84. The third-order valence-electron chi connectivity index (χ3n) is 5.91. The van der Waals surface area contributed by atoms with Crippen LogP contribution < -0.4 is 16.4 Å². The molecule has 4 N–H and O–H groups in total. The smallest absolute Gasteiger partial charge is 0.284 e. The summed E-state index contributed by atoms with van der Waals surface area (Å²) in [5, 5.41) is 7.12. The van der Waals surface area contributed by atoms with E-state index in [0.717, 1.165) is 16.7 Å². The number of anilines is 1. The number of rotatable bonds is 4. The van der Waals surface area contributed by atoms with Gasteiger partial charge in [-0.1, -0.05) is 72.3 Å². The Morgan fingerprint density at radius 2 is 1.67 bits per heavy atom. The Morgan fingerprint density at radius 3 is 2.42 bits per heavy atom. The predicted molar refractivity (Wildman–Crippen MR) is 126 cm³/mol. The van der Waals surface area contributed by atoms with Crippen molar-refractivity contribution in [1.29, 1.82) is 0 Å². The van der Waals surface area contributed by atoms with Gasteiger partial charge in [0.05, 0.1) is 11.8 Å². The number of para-hydroxylation sites is 1. The Kier molecular flexibility index (Phi) is 5.24. The number of amides is 2. The van der Waals surface area contributed by atoms with Gasteiger partial charge in [0.15, 0.2) is 5.76 Å². The summed E-state index contributed by atoms with van der Waals surface area (Å²) in [6, 6.07) is 25.5. The van der Waals surface area contributed by atoms with Gasteiger partial charge in [0, 0.05) is 21.8 Å². The van der Waals surface area contributed by atoms with Gasteiger partial charge < -0.3 is 15.5 Å². The number of primary amides is 1. The van der Waals surface area contributed by atoms with Crippen LogP contribution in [0.25, 0.3) is 0 Å². The van der Waals surface area contributed by atoms with E-state index in [1.165, 1.54) is 6.26 Å². The Labute approximate surface area is 195 Å². The van der Waals surface area contributed by atoms with Crippen LogP contribution in [0.5, 0.6) is 0 Å². The first-order valence-corrected chi connectivity index (χ1v) is 10.8. The summed E-state index contributed by atoms with van der Waals surface area (Å²) < 4.78 is 5.33. The summed E-state index contributed by atoms with van der Waals surface area (Å²) in [5.74, 6) is -1.16. The summed E-state index contributed by atoms with van der Waals surface area (Å²) >= 11 is 6.43. The van der Waals surface area contributed by atoms with Gasteiger partial charge >= 0.3 is 0 Å². The van der Waals surface area contributed by atoms with Gasteiger partial charge in [-0.3, -0.25) is 14.9 Å². The zero-order valence-electron chi connectivity index (χ0n) is 17.4. The highest BCUT2D eigenvalue weighted by molar-refractivity contribution is 6.30. The number of carbonyl (C=O) groups excluding carboxylic acids is 2. The molecule has 2 amide bonds. The van der Waals surface area contributed by atoms with Gasteiger partial charge in [-0.15, -0.1) is 0 Å². The molecule has 0 radical (unpaired) electrons. The fourth-order valence-corrected chi connectivity index (χ4v) is 4.69. The van der Waals surface area contributed by atoms with Crippen molar-refractivity contribution >= 4 is 29.1 Å². The van der Waals surface area contributed by atoms with Gasteiger partial charge in [0.2, 0.25) is 5.91 Å². The lowest BCUT2D eigenvalue weighted by molar-refractivity contribution is -0.118. The van der Waals surface area contributed by atoms with E-state index in [4.69, 9.17) is 21.8 Å². The Morgan fingerprint density at radius 1 is 0.939 bits per heavy atom. The number of nitrogens with two attached hydrogens (primary N) is 1. The van der Waals surface area contributed by atoms with Crippen molar-refractivity contribution in [2.75, 3.05) is 5.32 Å². The Bertz CT molecular complexity index is 1350. The lowest BCUT2D eigenvalue weighted by Crippen LogP contribution is -2.47. The molecule has 0 bridgehead atoms. The van der Waals surface area contributed by atoms with E-state index in [9.17, 15) is 9.59 Å². The second-order valence-electron chi connectivity index (χ2n) is 7.81. The van der Waals surface area contributed by atoms with Gasteiger partial charge in [0.25, 0.3) is 5.91 Å². The van der Waals surface area contributed by atoms with E-state index in [0.29, 0.717) is 16.3 Å². The summed E-state index contributed by atoms with van der Waals surface area (Å²) in [5.41, 5.74) is 8.11. The van der Waals surface area contributed by atoms with Crippen LogP contribution >= 0.6 is 11.6 Å². The lowest BCUT2D eigenvalue weighted by atomic mass is 9.76. The minimum absolute atomic E-state index is 0.0679. The number of benzene rings is 3. The first-order chi connectivity index (χ1) is 16.0. The summed E-state index contributed by atoms with van der Waals surface area (Å²) in [4.78, 5) is 25.5. The standard InChI is InChI=1S/C26H20ClN3O3/c27-18-10-6-9-17(15-18)26(16-7-2-1-3-8-16)20-11-4-5-12-21(20)29-25(32)22(30-26)19-13-14-33-23(19)24(28)31/h1-15,22,30H,(H2,28,31)(H,29,32). The van der Waals surface area contributed by atoms with E-state index >= 15 is 0 Å². The zero-order chi connectivity index (χ0) is 23.0. The zero-order valence-corrected chi connectivity index (χ0v) is 18.2. The molecule has 0 saturated carbocycles. The number of carbonyl (C=O) groups is 2. The average molecular weight is 458 g/mol. The minimum atomic E-state index is -0.987. The highest BCUT2D eigenvalue weighted by Crippen LogP contribution is 2.45. The maximum atomic E-state index is 13.5. The molecule has 5 rings (SSSR count).